The van der Waals surface area contributed by atoms with Crippen molar-refractivity contribution < 1.29 is 23.8 Å². The van der Waals surface area contributed by atoms with Crippen LogP contribution in [0.3, 0.4) is 0 Å². The van der Waals surface area contributed by atoms with Crippen LogP contribution in [0.15, 0.2) is 54.6 Å². The maximum atomic E-state index is 13.7. The van der Waals surface area contributed by atoms with Crippen LogP contribution in [0.5, 0.6) is 0 Å². The van der Waals surface area contributed by atoms with Crippen molar-refractivity contribution >= 4 is 28.7 Å². The number of carbonyl (C=O) groups is 2. The average molecular weight is 476 g/mol. The number of hydrogen-bond acceptors (Lipinski definition) is 5. The molecule has 3 aromatic rings. The Labute approximate surface area is 204 Å². The Morgan fingerprint density at radius 2 is 1.83 bits per heavy atom. The van der Waals surface area contributed by atoms with E-state index in [4.69, 9.17) is 9.72 Å². The number of benzene rings is 2. The average Bonchev–Trinajstić information content (AvgIpc) is 3.61. The topological polar surface area (TPSA) is 76.5 Å². The van der Waals surface area contributed by atoms with Gasteiger partial charge in [-0.05, 0) is 57.4 Å². The molecule has 1 heterocycles. The number of ether oxygens (including phenoxy) is 1. The number of rotatable bonds is 8. The Morgan fingerprint density at radius 3 is 2.49 bits per heavy atom. The van der Waals surface area contributed by atoms with Crippen molar-refractivity contribution in [2.75, 3.05) is 0 Å². The number of pyridine rings is 1. The molecule has 5 nitrogen and oxygen atoms in total. The first kappa shape index (κ1) is 24.7. The van der Waals surface area contributed by atoms with E-state index in [0.29, 0.717) is 5.92 Å². The number of esters is 1. The van der Waals surface area contributed by atoms with Crippen LogP contribution in [0.4, 0.5) is 4.39 Å². The molecule has 182 valence electrons. The molecule has 1 aliphatic carbocycles. The minimum absolute atomic E-state index is 0.193. The highest BCUT2D eigenvalue weighted by Gasteiger charge is 2.29. The quantitative estimate of drug-likeness (QED) is 0.320. The smallest absolute Gasteiger partial charge is 0.313 e. The lowest BCUT2D eigenvalue weighted by Crippen LogP contribution is -2.26. The normalized spacial score (nSPS) is 14.9. The number of aliphatic hydroxyl groups excluding tert-OH is 1. The van der Waals surface area contributed by atoms with Crippen molar-refractivity contribution in [2.45, 2.75) is 64.1 Å². The number of hydrogen-bond donors (Lipinski definition) is 1. The third-order valence-corrected chi connectivity index (χ3v) is 5.74. The zero-order valence-corrected chi connectivity index (χ0v) is 20.3. The number of carbonyl (C=O) groups excluding carboxylic acids is 2. The lowest BCUT2D eigenvalue weighted by Gasteiger charge is -2.19. The van der Waals surface area contributed by atoms with Crippen molar-refractivity contribution in [1.82, 2.24) is 4.98 Å². The fourth-order valence-corrected chi connectivity index (χ4v) is 4.13. The first-order valence-corrected chi connectivity index (χ1v) is 11.9. The molecular weight excluding hydrogens is 445 g/mol. The maximum Gasteiger partial charge on any atom is 0.313 e. The Bertz CT molecular complexity index is 1270. The molecule has 0 bridgehead atoms. The Morgan fingerprint density at radius 1 is 1.14 bits per heavy atom. The number of Topliss-reactive ketones (excluding diaryl/α,β-unsaturated/α-hetero) is 1. The summed E-state index contributed by atoms with van der Waals surface area (Å²) < 4.78 is 18.9. The second kappa shape index (κ2) is 10.1. The van der Waals surface area contributed by atoms with Gasteiger partial charge < -0.3 is 9.84 Å². The highest BCUT2D eigenvalue weighted by Crippen LogP contribution is 2.45. The highest BCUT2D eigenvalue weighted by molar-refractivity contribution is 5.99. The van der Waals surface area contributed by atoms with Gasteiger partial charge in [0, 0.05) is 28.9 Å². The van der Waals surface area contributed by atoms with Gasteiger partial charge in [-0.3, -0.25) is 14.6 Å². The summed E-state index contributed by atoms with van der Waals surface area (Å²) in [6, 6.07) is 14.2. The lowest BCUT2D eigenvalue weighted by molar-refractivity contribution is -0.156. The van der Waals surface area contributed by atoms with Crippen LogP contribution in [-0.4, -0.2) is 33.5 Å². The molecule has 1 N–H and O–H groups in total. The summed E-state index contributed by atoms with van der Waals surface area (Å²) in [7, 11) is 0. The molecular formula is C29H30FNO4. The molecule has 1 aromatic heterocycles. The molecule has 0 aliphatic heterocycles. The van der Waals surface area contributed by atoms with Gasteiger partial charge in [-0.15, -0.1) is 0 Å². The molecule has 1 saturated carbocycles. The summed E-state index contributed by atoms with van der Waals surface area (Å²) in [5.41, 5.74) is 3.75. The van der Waals surface area contributed by atoms with Gasteiger partial charge in [-0.1, -0.05) is 42.5 Å². The van der Waals surface area contributed by atoms with E-state index in [9.17, 15) is 19.1 Å². The number of para-hydroxylation sites is 1. The van der Waals surface area contributed by atoms with E-state index in [-0.39, 0.29) is 18.7 Å². The third kappa shape index (κ3) is 6.40. The van der Waals surface area contributed by atoms with Crippen LogP contribution in [-0.2, 0) is 14.3 Å². The zero-order chi connectivity index (χ0) is 25.2. The molecule has 0 spiro atoms. The Hall–Kier alpha value is -3.38. The molecule has 0 radical (unpaired) electrons. The summed E-state index contributed by atoms with van der Waals surface area (Å²) in [5, 5.41) is 11.5. The highest BCUT2D eigenvalue weighted by atomic mass is 19.1. The molecule has 1 atom stereocenters. The van der Waals surface area contributed by atoms with Gasteiger partial charge in [-0.25, -0.2) is 4.39 Å². The first-order valence-electron chi connectivity index (χ1n) is 11.9. The van der Waals surface area contributed by atoms with Gasteiger partial charge in [0.05, 0.1) is 17.3 Å². The third-order valence-electron chi connectivity index (χ3n) is 5.74. The monoisotopic (exact) mass is 475 g/mol. The van der Waals surface area contributed by atoms with Crippen LogP contribution in [0.1, 0.15) is 63.6 Å². The molecule has 4 rings (SSSR count). The van der Waals surface area contributed by atoms with Crippen molar-refractivity contribution in [2.24, 2.45) is 0 Å². The van der Waals surface area contributed by atoms with Crippen molar-refractivity contribution in [3.63, 3.8) is 0 Å². The van der Waals surface area contributed by atoms with Crippen LogP contribution >= 0.6 is 0 Å². The van der Waals surface area contributed by atoms with Crippen LogP contribution in [0.25, 0.3) is 28.1 Å². The largest absolute Gasteiger partial charge is 0.460 e. The molecule has 1 aliphatic rings. The Balaban J connectivity index is 1.65. The fourth-order valence-electron chi connectivity index (χ4n) is 4.13. The number of aromatic nitrogens is 1. The molecule has 0 amide bonds. The molecule has 1 unspecified atom stereocenters. The minimum atomic E-state index is -1.07. The number of fused-ring (bicyclic) bond motifs is 1. The minimum Gasteiger partial charge on any atom is -0.460 e. The van der Waals surface area contributed by atoms with Crippen molar-refractivity contribution in [3.05, 3.63) is 71.7 Å². The zero-order valence-electron chi connectivity index (χ0n) is 20.3. The van der Waals surface area contributed by atoms with Crippen molar-refractivity contribution in [1.29, 1.82) is 0 Å². The fraction of sp³-hybridized carbons (Fsp3) is 0.345. The molecule has 35 heavy (non-hydrogen) atoms. The van der Waals surface area contributed by atoms with Gasteiger partial charge >= 0.3 is 5.97 Å². The predicted molar refractivity (Wildman–Crippen MR) is 134 cm³/mol. The lowest BCUT2D eigenvalue weighted by atomic mass is 9.92. The SMILES string of the molecule is CC(C)(C)OC(=O)CC(=O)CC(O)C=Cc1c(C2CC2)nc2ccccc2c1-c1ccc(F)cc1. The van der Waals surface area contributed by atoms with E-state index in [0.717, 1.165) is 46.1 Å². The number of nitrogens with zero attached hydrogens (tertiary/aromatic N) is 1. The van der Waals surface area contributed by atoms with Crippen LogP contribution in [0, 0.1) is 5.82 Å². The van der Waals surface area contributed by atoms with Gasteiger partial charge in [0.2, 0.25) is 0 Å². The van der Waals surface area contributed by atoms with Crippen molar-refractivity contribution in [3.8, 4) is 11.1 Å². The summed E-state index contributed by atoms with van der Waals surface area (Å²) in [4.78, 5) is 29.1. The second-order valence-corrected chi connectivity index (χ2v) is 10.0. The maximum absolute atomic E-state index is 13.7. The molecule has 6 heteroatoms. The predicted octanol–water partition coefficient (Wildman–Crippen LogP) is 5.98. The van der Waals surface area contributed by atoms with Gasteiger partial charge in [0.1, 0.15) is 23.6 Å². The van der Waals surface area contributed by atoms with Gasteiger partial charge in [0.25, 0.3) is 0 Å². The van der Waals surface area contributed by atoms with E-state index in [1.807, 2.05) is 24.3 Å². The summed E-state index contributed by atoms with van der Waals surface area (Å²) in [6.07, 6.45) is 3.80. The number of ketones is 1. The summed E-state index contributed by atoms with van der Waals surface area (Å²) in [5.74, 6) is -0.990. The van der Waals surface area contributed by atoms with Crippen LogP contribution in [0.2, 0.25) is 0 Å². The molecule has 1 fully saturated rings. The van der Waals surface area contributed by atoms with E-state index in [1.165, 1.54) is 12.1 Å². The first-order chi connectivity index (χ1) is 16.6. The van der Waals surface area contributed by atoms with E-state index in [2.05, 4.69) is 0 Å². The number of aliphatic hydroxyl groups is 1. The van der Waals surface area contributed by atoms with Gasteiger partial charge in [0.15, 0.2) is 0 Å². The summed E-state index contributed by atoms with van der Waals surface area (Å²) in [6.45, 7) is 5.21. The van der Waals surface area contributed by atoms with Crippen LogP contribution < -0.4 is 0 Å². The second-order valence-electron chi connectivity index (χ2n) is 10.0. The standard InChI is InChI=1S/C29H30FNO4/c1-29(2,3)35-26(34)17-22(33)16-21(32)14-15-24-27(18-10-12-20(30)13-11-18)23-6-4-5-7-25(23)31-28(24)19-8-9-19/h4-7,10-15,19,21,32H,8-9,16-17H2,1-3H3. The molecule has 2 aromatic carbocycles. The molecule has 0 saturated heterocycles. The van der Waals surface area contributed by atoms with Gasteiger partial charge in [-0.2, -0.15) is 0 Å². The van der Waals surface area contributed by atoms with E-state index in [1.54, 1.807) is 45.1 Å². The van der Waals surface area contributed by atoms with E-state index < -0.39 is 23.5 Å². The summed E-state index contributed by atoms with van der Waals surface area (Å²) >= 11 is 0. The number of halogens is 1. The van der Waals surface area contributed by atoms with E-state index >= 15 is 0 Å². The Kier molecular flexibility index (Phi) is 7.13.